The SMILES string of the molecule is C=CCP(CC)OCC. The lowest BCUT2D eigenvalue weighted by atomic mass is 10.8. The van der Waals surface area contributed by atoms with Crippen molar-refractivity contribution in [2.24, 2.45) is 0 Å². The highest BCUT2D eigenvalue weighted by Gasteiger charge is 2.00. The molecule has 0 aliphatic heterocycles. The van der Waals surface area contributed by atoms with Gasteiger partial charge in [-0.05, 0) is 13.1 Å². The molecule has 1 unspecified atom stereocenters. The molecule has 0 spiro atoms. The summed E-state index contributed by atoms with van der Waals surface area (Å²) in [6.45, 7) is 8.70. The average Bonchev–Trinajstić information content (AvgIpc) is 1.88. The fourth-order valence-corrected chi connectivity index (χ4v) is 1.80. The largest absolute Gasteiger partial charge is 0.359 e. The molecule has 54 valence electrons. The minimum atomic E-state index is -0.177. The minimum absolute atomic E-state index is 0.177. The Labute approximate surface area is 58.9 Å². The lowest BCUT2D eigenvalue weighted by Gasteiger charge is -2.10. The van der Waals surface area contributed by atoms with E-state index in [1.54, 1.807) is 0 Å². The summed E-state index contributed by atoms with van der Waals surface area (Å²) in [5.74, 6) is 0. The van der Waals surface area contributed by atoms with Crippen LogP contribution in [0.3, 0.4) is 0 Å². The summed E-state index contributed by atoms with van der Waals surface area (Å²) in [5, 5.41) is 0. The second-order valence-electron chi connectivity index (χ2n) is 1.69. The third kappa shape index (κ3) is 4.62. The molecule has 2 heteroatoms. The maximum absolute atomic E-state index is 5.43. The van der Waals surface area contributed by atoms with E-state index in [-0.39, 0.29) is 8.15 Å². The van der Waals surface area contributed by atoms with Gasteiger partial charge in [0.25, 0.3) is 0 Å². The van der Waals surface area contributed by atoms with Gasteiger partial charge in [-0.15, -0.1) is 6.58 Å². The Kier molecular flexibility index (Phi) is 6.34. The average molecular weight is 146 g/mol. The number of rotatable bonds is 5. The highest BCUT2D eigenvalue weighted by molar-refractivity contribution is 7.52. The van der Waals surface area contributed by atoms with Gasteiger partial charge in [-0.2, -0.15) is 0 Å². The molecule has 0 aliphatic rings. The van der Waals surface area contributed by atoms with Crippen LogP contribution in [0.15, 0.2) is 12.7 Å². The van der Waals surface area contributed by atoms with Crippen LogP contribution in [0, 0.1) is 0 Å². The zero-order chi connectivity index (χ0) is 7.11. The number of allylic oxidation sites excluding steroid dienone is 1. The predicted octanol–water partition coefficient (Wildman–Crippen LogP) is 2.63. The molecule has 0 rings (SSSR count). The molecule has 1 atom stereocenters. The van der Waals surface area contributed by atoms with Gasteiger partial charge in [-0.3, -0.25) is 0 Å². The van der Waals surface area contributed by atoms with E-state index in [1.807, 2.05) is 13.0 Å². The third-order valence-corrected chi connectivity index (χ3v) is 2.99. The first-order valence-electron chi connectivity index (χ1n) is 3.33. The van der Waals surface area contributed by atoms with Gasteiger partial charge in [0.2, 0.25) is 0 Å². The Bertz CT molecular complexity index is 73.3. The quantitative estimate of drug-likeness (QED) is 0.428. The minimum Gasteiger partial charge on any atom is -0.359 e. The van der Waals surface area contributed by atoms with Crippen LogP contribution in [0.25, 0.3) is 0 Å². The molecule has 0 aromatic carbocycles. The van der Waals surface area contributed by atoms with E-state index in [1.165, 1.54) is 0 Å². The molecule has 0 aromatic rings. The van der Waals surface area contributed by atoms with Gasteiger partial charge in [-0.25, -0.2) is 0 Å². The van der Waals surface area contributed by atoms with Crippen molar-refractivity contribution in [3.05, 3.63) is 12.7 Å². The van der Waals surface area contributed by atoms with Gasteiger partial charge in [-0.1, -0.05) is 13.0 Å². The molecule has 0 bridgehead atoms. The molecular weight excluding hydrogens is 131 g/mol. The summed E-state index contributed by atoms with van der Waals surface area (Å²) >= 11 is 0. The molecule has 1 nitrogen and oxygen atoms in total. The van der Waals surface area contributed by atoms with Crippen molar-refractivity contribution in [3.63, 3.8) is 0 Å². The van der Waals surface area contributed by atoms with Crippen LogP contribution >= 0.6 is 8.15 Å². The van der Waals surface area contributed by atoms with Crippen LogP contribution < -0.4 is 0 Å². The fourth-order valence-electron chi connectivity index (χ4n) is 0.600. The first-order chi connectivity index (χ1) is 4.35. The summed E-state index contributed by atoms with van der Waals surface area (Å²) in [7, 11) is -0.177. The molecule has 0 N–H and O–H groups in total. The lowest BCUT2D eigenvalue weighted by molar-refractivity contribution is 0.379. The van der Waals surface area contributed by atoms with E-state index in [0.717, 1.165) is 18.9 Å². The van der Waals surface area contributed by atoms with E-state index in [4.69, 9.17) is 4.52 Å². The van der Waals surface area contributed by atoms with Crippen molar-refractivity contribution >= 4 is 8.15 Å². The summed E-state index contributed by atoms with van der Waals surface area (Å²) in [5.41, 5.74) is 0. The Morgan fingerprint density at radius 3 is 2.56 bits per heavy atom. The maximum atomic E-state index is 5.43. The highest BCUT2D eigenvalue weighted by Crippen LogP contribution is 2.35. The fraction of sp³-hybridized carbons (Fsp3) is 0.714. The van der Waals surface area contributed by atoms with Crippen LogP contribution in [0.5, 0.6) is 0 Å². The predicted molar refractivity (Wildman–Crippen MR) is 44.2 cm³/mol. The second kappa shape index (κ2) is 6.25. The van der Waals surface area contributed by atoms with Crippen LogP contribution in [0.4, 0.5) is 0 Å². The normalized spacial score (nSPS) is 13.1. The van der Waals surface area contributed by atoms with Gasteiger partial charge < -0.3 is 4.52 Å². The molecule has 0 saturated carbocycles. The van der Waals surface area contributed by atoms with Crippen LogP contribution in [-0.2, 0) is 4.52 Å². The molecule has 0 aromatic heterocycles. The van der Waals surface area contributed by atoms with Crippen molar-refractivity contribution in [1.82, 2.24) is 0 Å². The summed E-state index contributed by atoms with van der Waals surface area (Å²) < 4.78 is 5.43. The second-order valence-corrected chi connectivity index (χ2v) is 3.91. The monoisotopic (exact) mass is 146 g/mol. The van der Waals surface area contributed by atoms with Gasteiger partial charge in [0, 0.05) is 20.9 Å². The molecule has 0 radical (unpaired) electrons. The van der Waals surface area contributed by atoms with Crippen molar-refractivity contribution < 1.29 is 4.52 Å². The van der Waals surface area contributed by atoms with Crippen molar-refractivity contribution in [3.8, 4) is 0 Å². The van der Waals surface area contributed by atoms with E-state index >= 15 is 0 Å². The molecule has 0 saturated heterocycles. The van der Waals surface area contributed by atoms with Gasteiger partial charge in [0.05, 0.1) is 0 Å². The smallest absolute Gasteiger partial charge is 0.0480 e. The Hall–Kier alpha value is 0.130. The van der Waals surface area contributed by atoms with Crippen molar-refractivity contribution in [1.29, 1.82) is 0 Å². The van der Waals surface area contributed by atoms with E-state index in [2.05, 4.69) is 13.5 Å². The molecule has 0 amide bonds. The van der Waals surface area contributed by atoms with Crippen LogP contribution in [-0.4, -0.2) is 18.9 Å². The van der Waals surface area contributed by atoms with Crippen molar-refractivity contribution in [2.75, 3.05) is 18.9 Å². The number of hydrogen-bond donors (Lipinski definition) is 0. The zero-order valence-corrected chi connectivity index (χ0v) is 7.16. The Morgan fingerprint density at radius 1 is 1.56 bits per heavy atom. The molecule has 0 aliphatic carbocycles. The van der Waals surface area contributed by atoms with Gasteiger partial charge in [0.1, 0.15) is 0 Å². The molecular formula is C7H15OP. The summed E-state index contributed by atoms with van der Waals surface area (Å²) in [6, 6.07) is 0. The third-order valence-electron chi connectivity index (χ3n) is 0.997. The van der Waals surface area contributed by atoms with Gasteiger partial charge >= 0.3 is 0 Å². The van der Waals surface area contributed by atoms with E-state index in [0.29, 0.717) is 0 Å². The number of hydrogen-bond acceptors (Lipinski definition) is 1. The van der Waals surface area contributed by atoms with E-state index < -0.39 is 0 Å². The topological polar surface area (TPSA) is 9.23 Å². The lowest BCUT2D eigenvalue weighted by Crippen LogP contribution is -1.89. The summed E-state index contributed by atoms with van der Waals surface area (Å²) in [4.78, 5) is 0. The summed E-state index contributed by atoms with van der Waals surface area (Å²) in [6.07, 6.45) is 4.12. The van der Waals surface area contributed by atoms with Crippen LogP contribution in [0.1, 0.15) is 13.8 Å². The van der Waals surface area contributed by atoms with Crippen molar-refractivity contribution in [2.45, 2.75) is 13.8 Å². The van der Waals surface area contributed by atoms with Crippen LogP contribution in [0.2, 0.25) is 0 Å². The molecule has 0 fully saturated rings. The zero-order valence-electron chi connectivity index (χ0n) is 6.26. The van der Waals surface area contributed by atoms with E-state index in [9.17, 15) is 0 Å². The maximum Gasteiger partial charge on any atom is 0.0480 e. The standard InChI is InChI=1S/C7H15OP/c1-4-7-9(6-3)8-5-2/h4H,1,5-7H2,2-3H3. The molecule has 9 heavy (non-hydrogen) atoms. The Balaban J connectivity index is 3.28. The molecule has 0 heterocycles. The highest BCUT2D eigenvalue weighted by atomic mass is 31.1. The Morgan fingerprint density at radius 2 is 2.22 bits per heavy atom. The first-order valence-corrected chi connectivity index (χ1v) is 4.96. The first kappa shape index (κ1) is 9.13. The van der Waals surface area contributed by atoms with Gasteiger partial charge in [0.15, 0.2) is 0 Å².